The van der Waals surface area contributed by atoms with Gasteiger partial charge in [-0.1, -0.05) is 34.6 Å². The van der Waals surface area contributed by atoms with E-state index in [-0.39, 0.29) is 5.91 Å². The number of hydrogen-bond acceptors (Lipinski definition) is 1. The van der Waals surface area contributed by atoms with Crippen LogP contribution in [0.5, 0.6) is 0 Å². The summed E-state index contributed by atoms with van der Waals surface area (Å²) in [4.78, 5) is 10.7. The second-order valence-electron chi connectivity index (χ2n) is 5.39. The summed E-state index contributed by atoms with van der Waals surface area (Å²) in [5.41, 5.74) is 5.49. The first-order chi connectivity index (χ1) is 5.72. The Labute approximate surface area is 81.9 Å². The summed E-state index contributed by atoms with van der Waals surface area (Å²) in [6, 6.07) is 0. The molecule has 0 radical (unpaired) electrons. The van der Waals surface area contributed by atoms with Crippen LogP contribution < -0.4 is 5.73 Å². The van der Waals surface area contributed by atoms with E-state index in [1.54, 1.807) is 0 Å². The van der Waals surface area contributed by atoms with E-state index in [4.69, 9.17) is 5.73 Å². The summed E-state index contributed by atoms with van der Waals surface area (Å²) in [7, 11) is 0. The lowest BCUT2D eigenvalue weighted by Crippen LogP contribution is -2.22. The molecule has 13 heavy (non-hydrogen) atoms. The molecule has 0 saturated carbocycles. The van der Waals surface area contributed by atoms with E-state index in [1.165, 1.54) is 0 Å². The summed E-state index contributed by atoms with van der Waals surface area (Å²) in [6.07, 6.45) is 1.65. The molecule has 0 fully saturated rings. The molecule has 0 aromatic carbocycles. The molecule has 0 heterocycles. The average molecular weight is 185 g/mol. The Hall–Kier alpha value is -0.530. The van der Waals surface area contributed by atoms with E-state index in [0.717, 1.165) is 6.42 Å². The third kappa shape index (κ3) is 6.62. The SMILES string of the molecule is CC(CC(N)=O)C(C)CC(C)(C)C. The molecule has 0 bridgehead atoms. The zero-order valence-electron chi connectivity index (χ0n) is 9.55. The van der Waals surface area contributed by atoms with Crippen molar-refractivity contribution in [3.8, 4) is 0 Å². The minimum atomic E-state index is -0.187. The van der Waals surface area contributed by atoms with Crippen molar-refractivity contribution in [2.75, 3.05) is 0 Å². The van der Waals surface area contributed by atoms with Gasteiger partial charge in [-0.25, -0.2) is 0 Å². The molecule has 2 atom stereocenters. The third-order valence-electron chi connectivity index (χ3n) is 2.43. The Kier molecular flexibility index (Phi) is 4.45. The minimum absolute atomic E-state index is 0.187. The molecule has 78 valence electrons. The summed E-state index contributed by atoms with van der Waals surface area (Å²) in [5.74, 6) is 0.775. The first kappa shape index (κ1) is 12.5. The molecule has 0 aromatic heterocycles. The van der Waals surface area contributed by atoms with Crippen molar-refractivity contribution in [1.82, 2.24) is 0 Å². The first-order valence-corrected chi connectivity index (χ1v) is 5.00. The fourth-order valence-electron chi connectivity index (χ4n) is 1.69. The van der Waals surface area contributed by atoms with Gasteiger partial charge in [0.05, 0.1) is 0 Å². The van der Waals surface area contributed by atoms with Gasteiger partial charge in [0.25, 0.3) is 0 Å². The number of rotatable bonds is 4. The van der Waals surface area contributed by atoms with Crippen LogP contribution in [0.4, 0.5) is 0 Å². The fourth-order valence-corrected chi connectivity index (χ4v) is 1.69. The Morgan fingerprint density at radius 2 is 1.69 bits per heavy atom. The predicted octanol–water partition coefficient (Wildman–Crippen LogP) is 2.57. The van der Waals surface area contributed by atoms with Crippen molar-refractivity contribution in [2.24, 2.45) is 23.0 Å². The summed E-state index contributed by atoms with van der Waals surface area (Å²) < 4.78 is 0. The van der Waals surface area contributed by atoms with Gasteiger partial charge in [-0.2, -0.15) is 0 Å². The quantitative estimate of drug-likeness (QED) is 0.718. The van der Waals surface area contributed by atoms with Gasteiger partial charge in [0.2, 0.25) is 5.91 Å². The lowest BCUT2D eigenvalue weighted by Gasteiger charge is -2.27. The number of primary amides is 1. The molecule has 0 aliphatic carbocycles. The Morgan fingerprint density at radius 1 is 1.23 bits per heavy atom. The largest absolute Gasteiger partial charge is 0.370 e. The molecule has 0 aliphatic rings. The predicted molar refractivity (Wildman–Crippen MR) is 56.2 cm³/mol. The Bertz CT molecular complexity index is 169. The van der Waals surface area contributed by atoms with Crippen LogP contribution >= 0.6 is 0 Å². The van der Waals surface area contributed by atoms with Crippen LogP contribution in [0.3, 0.4) is 0 Å². The number of amides is 1. The van der Waals surface area contributed by atoms with Gasteiger partial charge < -0.3 is 5.73 Å². The highest BCUT2D eigenvalue weighted by molar-refractivity contribution is 5.73. The van der Waals surface area contributed by atoms with Gasteiger partial charge in [0.15, 0.2) is 0 Å². The molecular formula is C11H23NO. The first-order valence-electron chi connectivity index (χ1n) is 5.00. The summed E-state index contributed by atoms with van der Waals surface area (Å²) in [5, 5.41) is 0. The molecule has 0 saturated heterocycles. The van der Waals surface area contributed by atoms with Gasteiger partial charge in [-0.05, 0) is 23.7 Å². The molecule has 0 aromatic rings. The fraction of sp³-hybridized carbons (Fsp3) is 0.909. The van der Waals surface area contributed by atoms with Gasteiger partial charge in [0, 0.05) is 6.42 Å². The maximum atomic E-state index is 10.7. The van der Waals surface area contributed by atoms with Crippen LogP contribution in [-0.2, 0) is 4.79 Å². The molecule has 2 heteroatoms. The monoisotopic (exact) mass is 185 g/mol. The van der Waals surface area contributed by atoms with Crippen molar-refractivity contribution in [1.29, 1.82) is 0 Å². The van der Waals surface area contributed by atoms with Crippen LogP contribution in [0.1, 0.15) is 47.5 Å². The highest BCUT2D eigenvalue weighted by Crippen LogP contribution is 2.29. The number of hydrogen-bond donors (Lipinski definition) is 1. The maximum Gasteiger partial charge on any atom is 0.217 e. The van der Waals surface area contributed by atoms with Crippen LogP contribution in [0, 0.1) is 17.3 Å². The normalized spacial score (nSPS) is 16.7. The molecule has 1 amide bonds. The van der Waals surface area contributed by atoms with E-state index < -0.39 is 0 Å². The van der Waals surface area contributed by atoms with Crippen molar-refractivity contribution < 1.29 is 4.79 Å². The molecule has 0 spiro atoms. The molecule has 2 unspecified atom stereocenters. The second kappa shape index (κ2) is 4.64. The number of carbonyl (C=O) groups excluding carboxylic acids is 1. The van der Waals surface area contributed by atoms with E-state index >= 15 is 0 Å². The maximum absolute atomic E-state index is 10.7. The topological polar surface area (TPSA) is 43.1 Å². The molecule has 0 rings (SSSR count). The van der Waals surface area contributed by atoms with Gasteiger partial charge in [-0.3, -0.25) is 4.79 Å². The van der Waals surface area contributed by atoms with Gasteiger partial charge in [0.1, 0.15) is 0 Å². The van der Waals surface area contributed by atoms with Gasteiger partial charge >= 0.3 is 0 Å². The zero-order valence-corrected chi connectivity index (χ0v) is 9.55. The lowest BCUT2D eigenvalue weighted by molar-refractivity contribution is -0.119. The van der Waals surface area contributed by atoms with Crippen LogP contribution in [0.2, 0.25) is 0 Å². The van der Waals surface area contributed by atoms with Gasteiger partial charge in [-0.15, -0.1) is 0 Å². The Balaban J connectivity index is 3.96. The second-order valence-corrected chi connectivity index (χ2v) is 5.39. The van der Waals surface area contributed by atoms with E-state index in [0.29, 0.717) is 23.7 Å². The lowest BCUT2D eigenvalue weighted by atomic mass is 9.79. The summed E-state index contributed by atoms with van der Waals surface area (Å²) >= 11 is 0. The highest BCUT2D eigenvalue weighted by Gasteiger charge is 2.20. The third-order valence-corrected chi connectivity index (χ3v) is 2.43. The van der Waals surface area contributed by atoms with Crippen molar-refractivity contribution >= 4 is 5.91 Å². The smallest absolute Gasteiger partial charge is 0.217 e. The molecule has 2 N–H and O–H groups in total. The number of nitrogens with two attached hydrogens (primary N) is 1. The number of carbonyl (C=O) groups is 1. The van der Waals surface area contributed by atoms with E-state index in [9.17, 15) is 4.79 Å². The van der Waals surface area contributed by atoms with Crippen molar-refractivity contribution in [3.05, 3.63) is 0 Å². The highest BCUT2D eigenvalue weighted by atomic mass is 16.1. The van der Waals surface area contributed by atoms with Crippen molar-refractivity contribution in [3.63, 3.8) is 0 Å². The summed E-state index contributed by atoms with van der Waals surface area (Å²) in [6.45, 7) is 11.0. The average Bonchev–Trinajstić information content (AvgIpc) is 1.81. The standard InChI is InChI=1S/C11H23NO/c1-8(6-10(12)13)9(2)7-11(3,4)5/h8-9H,6-7H2,1-5H3,(H2,12,13). The minimum Gasteiger partial charge on any atom is -0.370 e. The van der Waals surface area contributed by atoms with Crippen LogP contribution in [0.15, 0.2) is 0 Å². The molecule has 0 aliphatic heterocycles. The zero-order chi connectivity index (χ0) is 10.6. The molecular weight excluding hydrogens is 162 g/mol. The van der Waals surface area contributed by atoms with Crippen LogP contribution in [-0.4, -0.2) is 5.91 Å². The van der Waals surface area contributed by atoms with E-state index in [1.807, 2.05) is 0 Å². The molecule has 2 nitrogen and oxygen atoms in total. The van der Waals surface area contributed by atoms with Crippen LogP contribution in [0.25, 0.3) is 0 Å². The van der Waals surface area contributed by atoms with E-state index in [2.05, 4.69) is 34.6 Å². The van der Waals surface area contributed by atoms with Crippen molar-refractivity contribution in [2.45, 2.75) is 47.5 Å². The Morgan fingerprint density at radius 3 is 2.00 bits per heavy atom.